The summed E-state index contributed by atoms with van der Waals surface area (Å²) in [6.07, 6.45) is 5.51. The lowest BCUT2D eigenvalue weighted by atomic mass is 9.98. The van der Waals surface area contributed by atoms with Gasteiger partial charge in [-0.05, 0) is 12.3 Å². The van der Waals surface area contributed by atoms with Crippen LogP contribution in [0, 0.1) is 12.1 Å². The molecule has 0 aromatic heterocycles. The first-order valence-electron chi connectivity index (χ1n) is 2.66. The SMILES string of the molecule is O=P(O)(O)[CH]C1C=CC1. The standard InChI is InChI=1S/C5H8O3P/c6-9(7,8)4-5-2-1-3-5/h1-2,4-5H,3H2,(H2,6,7,8). The summed E-state index contributed by atoms with van der Waals surface area (Å²) in [5, 5.41) is 0. The first-order valence-corrected chi connectivity index (χ1v) is 4.34. The minimum atomic E-state index is -3.86. The molecule has 0 saturated carbocycles. The van der Waals surface area contributed by atoms with Gasteiger partial charge in [-0.25, -0.2) is 0 Å². The van der Waals surface area contributed by atoms with E-state index in [1.807, 2.05) is 6.08 Å². The molecule has 0 fully saturated rings. The van der Waals surface area contributed by atoms with Gasteiger partial charge in [0.2, 0.25) is 0 Å². The van der Waals surface area contributed by atoms with Gasteiger partial charge in [0.15, 0.2) is 0 Å². The van der Waals surface area contributed by atoms with E-state index < -0.39 is 7.60 Å². The maximum atomic E-state index is 10.2. The van der Waals surface area contributed by atoms with Crippen LogP contribution in [0.25, 0.3) is 0 Å². The van der Waals surface area contributed by atoms with Gasteiger partial charge < -0.3 is 9.79 Å². The Hall–Kier alpha value is -0.110. The molecule has 0 aromatic carbocycles. The Kier molecular flexibility index (Phi) is 1.75. The minimum Gasteiger partial charge on any atom is -0.324 e. The van der Waals surface area contributed by atoms with Crippen molar-refractivity contribution in [1.29, 1.82) is 0 Å². The van der Waals surface area contributed by atoms with Crippen LogP contribution < -0.4 is 0 Å². The highest BCUT2D eigenvalue weighted by Crippen LogP contribution is 2.44. The van der Waals surface area contributed by atoms with Crippen molar-refractivity contribution >= 4 is 7.60 Å². The summed E-state index contributed by atoms with van der Waals surface area (Å²) in [4.78, 5) is 16.7. The molecule has 1 unspecified atom stereocenters. The Bertz CT molecular complexity index is 169. The minimum absolute atomic E-state index is 0.00540. The van der Waals surface area contributed by atoms with Crippen LogP contribution in [0.5, 0.6) is 0 Å². The second-order valence-electron chi connectivity index (χ2n) is 2.07. The highest BCUT2D eigenvalue weighted by molar-refractivity contribution is 7.54. The molecule has 0 saturated heterocycles. The van der Waals surface area contributed by atoms with Gasteiger partial charge in [-0.2, -0.15) is 0 Å². The zero-order chi connectivity index (χ0) is 6.91. The van der Waals surface area contributed by atoms with Crippen molar-refractivity contribution in [3.63, 3.8) is 0 Å². The van der Waals surface area contributed by atoms with Gasteiger partial charge >= 0.3 is 7.60 Å². The molecule has 0 amide bonds. The molecule has 0 aliphatic heterocycles. The molecule has 0 bridgehead atoms. The topological polar surface area (TPSA) is 57.5 Å². The molecule has 1 atom stereocenters. The number of allylic oxidation sites excluding steroid dienone is 2. The summed E-state index contributed by atoms with van der Waals surface area (Å²) in [5.74, 6) is 0.00540. The van der Waals surface area contributed by atoms with Gasteiger partial charge in [0, 0.05) is 0 Å². The zero-order valence-electron chi connectivity index (χ0n) is 4.77. The van der Waals surface area contributed by atoms with E-state index in [1.54, 1.807) is 6.08 Å². The van der Waals surface area contributed by atoms with Gasteiger partial charge in [-0.15, -0.1) is 0 Å². The Balaban J connectivity index is 2.34. The lowest BCUT2D eigenvalue weighted by Crippen LogP contribution is -2.03. The van der Waals surface area contributed by atoms with E-state index in [1.165, 1.54) is 0 Å². The third-order valence-electron chi connectivity index (χ3n) is 1.18. The first kappa shape index (κ1) is 7.00. The van der Waals surface area contributed by atoms with Gasteiger partial charge in [-0.3, -0.25) is 4.57 Å². The van der Waals surface area contributed by atoms with Crippen molar-refractivity contribution in [3.8, 4) is 0 Å². The Morgan fingerprint density at radius 1 is 1.67 bits per heavy atom. The molecule has 2 N–H and O–H groups in total. The Labute approximate surface area is 53.6 Å². The third-order valence-corrected chi connectivity index (χ3v) is 1.95. The predicted molar refractivity (Wildman–Crippen MR) is 33.6 cm³/mol. The highest BCUT2D eigenvalue weighted by atomic mass is 31.2. The van der Waals surface area contributed by atoms with E-state index >= 15 is 0 Å². The summed E-state index contributed by atoms with van der Waals surface area (Å²) < 4.78 is 10.2. The molecule has 1 rings (SSSR count). The summed E-state index contributed by atoms with van der Waals surface area (Å²) in [6.45, 7) is 0. The van der Waals surface area contributed by atoms with E-state index in [2.05, 4.69) is 0 Å². The summed E-state index contributed by atoms with van der Waals surface area (Å²) >= 11 is 0. The van der Waals surface area contributed by atoms with Crippen molar-refractivity contribution < 1.29 is 14.4 Å². The van der Waals surface area contributed by atoms with E-state index in [9.17, 15) is 4.57 Å². The van der Waals surface area contributed by atoms with E-state index in [0.717, 1.165) is 12.6 Å². The molecule has 51 valence electrons. The molecule has 1 radical (unpaired) electrons. The largest absolute Gasteiger partial charge is 0.330 e. The molecule has 0 spiro atoms. The lowest BCUT2D eigenvalue weighted by Gasteiger charge is -2.16. The van der Waals surface area contributed by atoms with Crippen LogP contribution in [0.1, 0.15) is 6.42 Å². The average Bonchev–Trinajstić information content (AvgIpc) is 1.53. The third kappa shape index (κ3) is 2.31. The smallest absolute Gasteiger partial charge is 0.324 e. The molecule has 1 aliphatic rings. The van der Waals surface area contributed by atoms with Crippen LogP contribution >= 0.6 is 7.60 Å². The zero-order valence-corrected chi connectivity index (χ0v) is 5.66. The fourth-order valence-corrected chi connectivity index (χ4v) is 1.37. The van der Waals surface area contributed by atoms with Crippen LogP contribution in [0.2, 0.25) is 0 Å². The van der Waals surface area contributed by atoms with Crippen LogP contribution in [0.15, 0.2) is 12.2 Å². The molecule has 0 aromatic rings. The second kappa shape index (κ2) is 2.25. The number of hydrogen-bond acceptors (Lipinski definition) is 1. The van der Waals surface area contributed by atoms with Crippen molar-refractivity contribution in [3.05, 3.63) is 18.3 Å². The molecular weight excluding hydrogens is 139 g/mol. The molecule has 3 nitrogen and oxygen atoms in total. The fraction of sp³-hybridized carbons (Fsp3) is 0.400. The Morgan fingerprint density at radius 2 is 2.22 bits per heavy atom. The highest BCUT2D eigenvalue weighted by Gasteiger charge is 2.22. The van der Waals surface area contributed by atoms with Crippen LogP contribution in [-0.4, -0.2) is 9.79 Å². The summed E-state index contributed by atoms with van der Waals surface area (Å²) in [5.41, 5.74) is 0. The van der Waals surface area contributed by atoms with Crippen LogP contribution in [0.4, 0.5) is 0 Å². The van der Waals surface area contributed by atoms with Crippen LogP contribution in [0.3, 0.4) is 0 Å². The van der Waals surface area contributed by atoms with Gasteiger partial charge in [0.25, 0.3) is 0 Å². The number of hydrogen-bond donors (Lipinski definition) is 2. The quantitative estimate of drug-likeness (QED) is 0.450. The predicted octanol–water partition coefficient (Wildman–Crippen LogP) is 0.902. The van der Waals surface area contributed by atoms with E-state index in [4.69, 9.17) is 9.79 Å². The average molecular weight is 147 g/mol. The molecule has 9 heavy (non-hydrogen) atoms. The maximum absolute atomic E-state index is 10.2. The Morgan fingerprint density at radius 3 is 2.33 bits per heavy atom. The van der Waals surface area contributed by atoms with Gasteiger partial charge in [0.05, 0.1) is 6.16 Å². The number of rotatable bonds is 2. The van der Waals surface area contributed by atoms with E-state index in [0.29, 0.717) is 0 Å². The summed E-state index contributed by atoms with van der Waals surface area (Å²) in [7, 11) is -3.86. The maximum Gasteiger partial charge on any atom is 0.330 e. The lowest BCUT2D eigenvalue weighted by molar-refractivity contribution is 0.375. The van der Waals surface area contributed by atoms with Crippen LogP contribution in [-0.2, 0) is 4.57 Å². The second-order valence-corrected chi connectivity index (χ2v) is 3.54. The fourth-order valence-electron chi connectivity index (χ4n) is 0.653. The van der Waals surface area contributed by atoms with Crippen molar-refractivity contribution in [1.82, 2.24) is 0 Å². The molecule has 1 aliphatic carbocycles. The summed E-state index contributed by atoms with van der Waals surface area (Å²) in [6, 6.07) is 0. The molecular formula is C5H8O3P. The first-order chi connectivity index (χ1) is 4.08. The normalized spacial score (nSPS) is 25.8. The van der Waals surface area contributed by atoms with E-state index in [-0.39, 0.29) is 5.92 Å². The van der Waals surface area contributed by atoms with Gasteiger partial charge in [0.1, 0.15) is 0 Å². The molecule has 4 heteroatoms. The van der Waals surface area contributed by atoms with Crippen molar-refractivity contribution in [2.45, 2.75) is 6.42 Å². The van der Waals surface area contributed by atoms with Gasteiger partial charge in [-0.1, -0.05) is 12.2 Å². The monoisotopic (exact) mass is 147 g/mol. The van der Waals surface area contributed by atoms with Crippen molar-refractivity contribution in [2.24, 2.45) is 5.92 Å². The van der Waals surface area contributed by atoms with Crippen molar-refractivity contribution in [2.75, 3.05) is 0 Å². The molecule has 0 heterocycles.